The predicted molar refractivity (Wildman–Crippen MR) is 81.7 cm³/mol. The van der Waals surface area contributed by atoms with Crippen molar-refractivity contribution in [2.45, 2.75) is 53.1 Å². The number of benzene rings is 1. The molecule has 0 saturated carbocycles. The first-order valence-corrected chi connectivity index (χ1v) is 7.42. The number of carbonyl (C=O) groups excluding carboxylic acids is 1. The summed E-state index contributed by atoms with van der Waals surface area (Å²) in [5.74, 6) is -1.45. The molecule has 0 spiro atoms. The zero-order valence-corrected chi connectivity index (χ0v) is 13.2. The van der Waals surface area contributed by atoms with E-state index in [0.717, 1.165) is 19.3 Å². The van der Waals surface area contributed by atoms with Gasteiger partial charge in [-0.15, -0.1) is 0 Å². The fourth-order valence-electron chi connectivity index (χ4n) is 2.26. The maximum atomic E-state index is 12.3. The summed E-state index contributed by atoms with van der Waals surface area (Å²) in [6.45, 7) is 7.77. The maximum absolute atomic E-state index is 12.3. The van der Waals surface area contributed by atoms with Crippen LogP contribution in [0.2, 0.25) is 0 Å². The average Bonchev–Trinajstić information content (AvgIpc) is 2.42. The van der Waals surface area contributed by atoms with E-state index >= 15 is 0 Å². The van der Waals surface area contributed by atoms with E-state index in [9.17, 15) is 14.7 Å². The third-order valence-corrected chi connectivity index (χ3v) is 3.55. The number of unbranched alkanes of at least 4 members (excludes halogenated alkanes) is 1. The number of hydrogen-bond acceptors (Lipinski definition) is 3. The molecule has 1 rings (SSSR count). The quantitative estimate of drug-likeness (QED) is 0.770. The van der Waals surface area contributed by atoms with Crippen molar-refractivity contribution in [3.8, 4) is 0 Å². The lowest BCUT2D eigenvalue weighted by Crippen LogP contribution is -2.25. The number of carboxylic acid groups (broad SMARTS) is 1. The number of rotatable bonds is 7. The van der Waals surface area contributed by atoms with Crippen LogP contribution in [0.4, 0.5) is 0 Å². The van der Waals surface area contributed by atoms with Crippen LogP contribution in [0.3, 0.4) is 0 Å². The summed E-state index contributed by atoms with van der Waals surface area (Å²) in [4.78, 5) is 23.6. The van der Waals surface area contributed by atoms with E-state index in [0.29, 0.717) is 5.56 Å². The van der Waals surface area contributed by atoms with Crippen LogP contribution in [0, 0.1) is 12.8 Å². The Labute approximate surface area is 126 Å². The van der Waals surface area contributed by atoms with E-state index in [1.54, 1.807) is 19.1 Å². The molecule has 0 bridgehead atoms. The summed E-state index contributed by atoms with van der Waals surface area (Å²) in [5.41, 5.74) is 0.719. The zero-order chi connectivity index (χ0) is 16.0. The molecule has 21 heavy (non-hydrogen) atoms. The minimum absolute atomic E-state index is 0.0282. The van der Waals surface area contributed by atoms with Crippen molar-refractivity contribution >= 4 is 11.9 Å². The van der Waals surface area contributed by atoms with Gasteiger partial charge in [-0.25, -0.2) is 9.59 Å². The number of aryl methyl sites for hydroxylation is 1. The first-order chi connectivity index (χ1) is 9.88. The topological polar surface area (TPSA) is 63.6 Å². The van der Waals surface area contributed by atoms with Crippen molar-refractivity contribution in [3.05, 3.63) is 34.9 Å². The van der Waals surface area contributed by atoms with Gasteiger partial charge in [0.05, 0.1) is 11.1 Å². The summed E-state index contributed by atoms with van der Waals surface area (Å²) in [7, 11) is 0. The monoisotopic (exact) mass is 292 g/mol. The number of aromatic carboxylic acids is 1. The van der Waals surface area contributed by atoms with E-state index in [1.165, 1.54) is 6.07 Å². The number of carboxylic acids is 1. The predicted octanol–water partition coefficient (Wildman–Crippen LogP) is 4.06. The van der Waals surface area contributed by atoms with Gasteiger partial charge in [-0.1, -0.05) is 45.7 Å². The van der Waals surface area contributed by atoms with Crippen LogP contribution in [0.1, 0.15) is 66.3 Å². The summed E-state index contributed by atoms with van der Waals surface area (Å²) >= 11 is 0. The molecule has 1 aromatic rings. The van der Waals surface area contributed by atoms with E-state index in [-0.39, 0.29) is 23.1 Å². The van der Waals surface area contributed by atoms with Crippen LogP contribution < -0.4 is 0 Å². The van der Waals surface area contributed by atoms with Crippen molar-refractivity contribution in [1.29, 1.82) is 0 Å². The van der Waals surface area contributed by atoms with Gasteiger partial charge >= 0.3 is 11.9 Å². The highest BCUT2D eigenvalue weighted by molar-refractivity contribution is 6.03. The average molecular weight is 292 g/mol. The second-order valence-corrected chi connectivity index (χ2v) is 5.63. The van der Waals surface area contributed by atoms with E-state index in [4.69, 9.17) is 4.74 Å². The fourth-order valence-corrected chi connectivity index (χ4v) is 2.26. The molecule has 0 radical (unpaired) electrons. The van der Waals surface area contributed by atoms with Crippen molar-refractivity contribution in [2.75, 3.05) is 0 Å². The van der Waals surface area contributed by atoms with Crippen LogP contribution in [0.15, 0.2) is 18.2 Å². The molecule has 4 nitrogen and oxygen atoms in total. The molecule has 0 saturated heterocycles. The van der Waals surface area contributed by atoms with E-state index < -0.39 is 11.9 Å². The van der Waals surface area contributed by atoms with Gasteiger partial charge in [0.25, 0.3) is 0 Å². The second kappa shape index (κ2) is 7.81. The Kier molecular flexibility index (Phi) is 6.40. The highest BCUT2D eigenvalue weighted by Crippen LogP contribution is 2.20. The van der Waals surface area contributed by atoms with Crippen molar-refractivity contribution in [2.24, 2.45) is 5.92 Å². The molecule has 1 aromatic carbocycles. The summed E-state index contributed by atoms with van der Waals surface area (Å²) in [5, 5.41) is 9.27. The molecule has 0 aliphatic heterocycles. The molecule has 0 amide bonds. The fraction of sp³-hybridized carbons (Fsp3) is 0.529. The van der Waals surface area contributed by atoms with Crippen LogP contribution in [0.25, 0.3) is 0 Å². The molecular formula is C17H24O4. The first-order valence-electron chi connectivity index (χ1n) is 7.42. The minimum Gasteiger partial charge on any atom is -0.478 e. The summed E-state index contributed by atoms with van der Waals surface area (Å²) < 4.78 is 5.54. The molecule has 116 valence electrons. The van der Waals surface area contributed by atoms with E-state index in [2.05, 4.69) is 6.92 Å². The van der Waals surface area contributed by atoms with Gasteiger partial charge in [-0.3, -0.25) is 0 Å². The summed E-state index contributed by atoms with van der Waals surface area (Å²) in [6, 6.07) is 4.86. The van der Waals surface area contributed by atoms with Gasteiger partial charge in [0, 0.05) is 0 Å². The van der Waals surface area contributed by atoms with Crippen LogP contribution in [0.5, 0.6) is 0 Å². The first kappa shape index (κ1) is 17.2. The lowest BCUT2D eigenvalue weighted by molar-refractivity contribution is 0.0148. The van der Waals surface area contributed by atoms with Crippen LogP contribution >= 0.6 is 0 Å². The number of hydrogen-bond donors (Lipinski definition) is 1. The number of carbonyl (C=O) groups is 2. The minimum atomic E-state index is -1.10. The molecule has 0 aliphatic rings. The Morgan fingerprint density at radius 2 is 1.95 bits per heavy atom. The maximum Gasteiger partial charge on any atom is 0.339 e. The highest BCUT2D eigenvalue weighted by atomic mass is 16.5. The Morgan fingerprint density at radius 3 is 2.48 bits per heavy atom. The summed E-state index contributed by atoms with van der Waals surface area (Å²) in [6.07, 6.45) is 2.63. The molecule has 4 heteroatoms. The lowest BCUT2D eigenvalue weighted by atomic mass is 10.00. The van der Waals surface area contributed by atoms with Gasteiger partial charge in [0.1, 0.15) is 6.10 Å². The standard InChI is InChI=1S/C17H24O4/c1-5-6-10-14(11(2)3)21-17(20)13-9-7-8-12(4)15(13)16(18)19/h7-9,11,14H,5-6,10H2,1-4H3,(H,18,19). The third kappa shape index (κ3) is 4.59. The van der Waals surface area contributed by atoms with Gasteiger partial charge in [-0.2, -0.15) is 0 Å². The third-order valence-electron chi connectivity index (χ3n) is 3.55. The Bertz CT molecular complexity index is 506. The molecule has 0 aromatic heterocycles. The number of ether oxygens (including phenoxy) is 1. The second-order valence-electron chi connectivity index (χ2n) is 5.63. The highest BCUT2D eigenvalue weighted by Gasteiger charge is 2.23. The van der Waals surface area contributed by atoms with Crippen LogP contribution in [-0.4, -0.2) is 23.1 Å². The van der Waals surface area contributed by atoms with E-state index in [1.807, 2.05) is 13.8 Å². The molecule has 1 unspecified atom stereocenters. The normalized spacial score (nSPS) is 12.2. The smallest absolute Gasteiger partial charge is 0.339 e. The molecule has 0 fully saturated rings. The van der Waals surface area contributed by atoms with Gasteiger partial charge in [0.2, 0.25) is 0 Å². The Hall–Kier alpha value is -1.84. The molecule has 0 heterocycles. The largest absolute Gasteiger partial charge is 0.478 e. The van der Waals surface area contributed by atoms with Crippen molar-refractivity contribution in [3.63, 3.8) is 0 Å². The van der Waals surface area contributed by atoms with Crippen LogP contribution in [-0.2, 0) is 4.74 Å². The lowest BCUT2D eigenvalue weighted by Gasteiger charge is -2.22. The zero-order valence-electron chi connectivity index (χ0n) is 13.2. The molecule has 0 aliphatic carbocycles. The molecule has 1 atom stereocenters. The number of esters is 1. The molecule has 1 N–H and O–H groups in total. The molecular weight excluding hydrogens is 268 g/mol. The van der Waals surface area contributed by atoms with Gasteiger partial charge in [-0.05, 0) is 30.9 Å². The van der Waals surface area contributed by atoms with Crippen molar-refractivity contribution < 1.29 is 19.4 Å². The van der Waals surface area contributed by atoms with Gasteiger partial charge < -0.3 is 9.84 Å². The SMILES string of the molecule is CCCCC(OC(=O)c1cccc(C)c1C(=O)O)C(C)C. The Balaban J connectivity index is 2.98. The Morgan fingerprint density at radius 1 is 1.29 bits per heavy atom. The van der Waals surface area contributed by atoms with Gasteiger partial charge in [0.15, 0.2) is 0 Å². The van der Waals surface area contributed by atoms with Crippen molar-refractivity contribution in [1.82, 2.24) is 0 Å².